The second-order valence-corrected chi connectivity index (χ2v) is 4.36. The first-order valence-corrected chi connectivity index (χ1v) is 6.39. The Hall–Kier alpha value is -2.12. The molecule has 8 heteroatoms. The summed E-state index contributed by atoms with van der Waals surface area (Å²) in [6.07, 6.45) is 0. The van der Waals surface area contributed by atoms with E-state index in [1.54, 1.807) is 0 Å². The van der Waals surface area contributed by atoms with Crippen LogP contribution in [0, 0.1) is 6.92 Å². The van der Waals surface area contributed by atoms with Crippen LogP contribution < -0.4 is 21.3 Å². The van der Waals surface area contributed by atoms with E-state index in [4.69, 9.17) is 22.2 Å². The van der Waals surface area contributed by atoms with Gasteiger partial charge in [0.15, 0.2) is 0 Å². The number of nitrogens with zero attached hydrogens (tertiary/aromatic N) is 3. The predicted octanol–water partition coefficient (Wildman–Crippen LogP) is 2.26. The van der Waals surface area contributed by atoms with Crippen molar-refractivity contribution in [2.75, 3.05) is 17.3 Å². The summed E-state index contributed by atoms with van der Waals surface area (Å²) in [5, 5.41) is 3.58. The van der Waals surface area contributed by atoms with Gasteiger partial charge < -0.3 is 10.1 Å². The van der Waals surface area contributed by atoms with Crippen molar-refractivity contribution in [1.29, 1.82) is 0 Å². The Labute approximate surface area is 121 Å². The van der Waals surface area contributed by atoms with Crippen molar-refractivity contribution < 1.29 is 4.74 Å². The number of benzene rings is 1. The molecule has 1 aromatic heterocycles. The highest BCUT2D eigenvalue weighted by atomic mass is 35.5. The predicted molar refractivity (Wildman–Crippen MR) is 78.3 cm³/mol. The van der Waals surface area contributed by atoms with Crippen LogP contribution in [0.15, 0.2) is 18.2 Å². The third-order valence-electron chi connectivity index (χ3n) is 2.39. The van der Waals surface area contributed by atoms with Gasteiger partial charge in [-0.2, -0.15) is 15.0 Å². The monoisotopic (exact) mass is 294 g/mol. The maximum Gasteiger partial charge on any atom is 0.323 e. The number of hydrazine groups is 1. The second kappa shape index (κ2) is 6.36. The molecule has 0 amide bonds. The zero-order valence-electron chi connectivity index (χ0n) is 11.1. The summed E-state index contributed by atoms with van der Waals surface area (Å²) < 4.78 is 5.25. The second-order valence-electron chi connectivity index (χ2n) is 3.95. The van der Waals surface area contributed by atoms with Crippen molar-refractivity contribution in [2.24, 2.45) is 5.84 Å². The van der Waals surface area contributed by atoms with Crippen LogP contribution in [-0.4, -0.2) is 21.6 Å². The van der Waals surface area contributed by atoms with E-state index in [0.29, 0.717) is 23.3 Å². The number of hydrogen-bond donors (Lipinski definition) is 3. The highest BCUT2D eigenvalue weighted by Gasteiger charge is 2.08. The number of nitrogens with two attached hydrogens (primary N) is 1. The topological polar surface area (TPSA) is 98.0 Å². The zero-order valence-corrected chi connectivity index (χ0v) is 11.9. The van der Waals surface area contributed by atoms with Gasteiger partial charge in [0.1, 0.15) is 0 Å². The van der Waals surface area contributed by atoms with Gasteiger partial charge in [-0.1, -0.05) is 17.7 Å². The Bertz CT molecular complexity index is 606. The number of anilines is 3. The molecule has 0 fully saturated rings. The van der Waals surface area contributed by atoms with Crippen molar-refractivity contribution in [2.45, 2.75) is 13.8 Å². The van der Waals surface area contributed by atoms with Gasteiger partial charge >= 0.3 is 6.01 Å². The SMILES string of the molecule is CCOc1nc(NN)nc(Nc2ccc(C)cc2Cl)n1. The Morgan fingerprint density at radius 3 is 2.65 bits per heavy atom. The van der Waals surface area contributed by atoms with Crippen LogP contribution in [0.5, 0.6) is 6.01 Å². The molecule has 0 atom stereocenters. The molecule has 2 aromatic rings. The van der Waals surface area contributed by atoms with Gasteiger partial charge in [-0.05, 0) is 31.5 Å². The Morgan fingerprint density at radius 1 is 1.25 bits per heavy atom. The molecule has 1 heterocycles. The van der Waals surface area contributed by atoms with Crippen molar-refractivity contribution in [3.05, 3.63) is 28.8 Å². The summed E-state index contributed by atoms with van der Waals surface area (Å²) in [5.74, 6) is 5.81. The fourth-order valence-corrected chi connectivity index (χ4v) is 1.79. The van der Waals surface area contributed by atoms with Crippen LogP contribution in [0.1, 0.15) is 12.5 Å². The van der Waals surface area contributed by atoms with Gasteiger partial charge in [-0.25, -0.2) is 5.84 Å². The largest absolute Gasteiger partial charge is 0.464 e. The van der Waals surface area contributed by atoms with Crippen molar-refractivity contribution in [3.8, 4) is 6.01 Å². The molecule has 20 heavy (non-hydrogen) atoms. The van der Waals surface area contributed by atoms with Crippen LogP contribution in [0.25, 0.3) is 0 Å². The van der Waals surface area contributed by atoms with Crippen LogP contribution in [0.3, 0.4) is 0 Å². The number of halogens is 1. The third kappa shape index (κ3) is 3.46. The molecular weight excluding hydrogens is 280 g/mol. The summed E-state index contributed by atoms with van der Waals surface area (Å²) >= 11 is 6.15. The number of rotatable bonds is 5. The van der Waals surface area contributed by atoms with E-state index in [2.05, 4.69) is 25.7 Å². The number of aromatic nitrogens is 3. The molecule has 0 unspecified atom stereocenters. The molecule has 106 valence electrons. The van der Waals surface area contributed by atoms with Gasteiger partial charge in [-0.3, -0.25) is 5.43 Å². The summed E-state index contributed by atoms with van der Waals surface area (Å²) in [6.45, 7) is 4.24. The Balaban J connectivity index is 2.29. The lowest BCUT2D eigenvalue weighted by atomic mass is 10.2. The summed E-state index contributed by atoms with van der Waals surface area (Å²) in [7, 11) is 0. The standard InChI is InChI=1S/C12H15ClN6O/c1-3-20-12-17-10(16-11(18-12)19-14)15-9-5-4-7(2)6-8(9)13/h4-6H,3,14H2,1-2H3,(H2,15,16,17,18,19). The van der Waals surface area contributed by atoms with E-state index >= 15 is 0 Å². The molecule has 7 nitrogen and oxygen atoms in total. The van der Waals surface area contributed by atoms with Gasteiger partial charge in [0.2, 0.25) is 11.9 Å². The molecule has 0 aliphatic rings. The minimum absolute atomic E-state index is 0.182. The molecule has 0 aliphatic heterocycles. The van der Waals surface area contributed by atoms with E-state index < -0.39 is 0 Å². The number of ether oxygens (including phenoxy) is 1. The third-order valence-corrected chi connectivity index (χ3v) is 2.70. The van der Waals surface area contributed by atoms with Crippen LogP contribution in [0.2, 0.25) is 5.02 Å². The molecule has 0 radical (unpaired) electrons. The number of nitrogen functional groups attached to an aromatic ring is 1. The molecule has 2 rings (SSSR count). The quantitative estimate of drug-likeness (QED) is 0.574. The van der Waals surface area contributed by atoms with Crippen LogP contribution >= 0.6 is 11.6 Å². The van der Waals surface area contributed by atoms with Gasteiger partial charge in [-0.15, -0.1) is 0 Å². The average molecular weight is 295 g/mol. The van der Waals surface area contributed by atoms with E-state index in [1.807, 2.05) is 32.0 Å². The molecule has 0 spiro atoms. The normalized spacial score (nSPS) is 10.2. The van der Waals surface area contributed by atoms with Crippen molar-refractivity contribution in [3.63, 3.8) is 0 Å². The van der Waals surface area contributed by atoms with Gasteiger partial charge in [0, 0.05) is 0 Å². The lowest BCUT2D eigenvalue weighted by molar-refractivity contribution is 0.312. The number of aryl methyl sites for hydroxylation is 1. The lowest BCUT2D eigenvalue weighted by Crippen LogP contribution is -2.13. The first-order chi connectivity index (χ1) is 9.62. The lowest BCUT2D eigenvalue weighted by Gasteiger charge is -2.10. The number of hydrogen-bond acceptors (Lipinski definition) is 7. The minimum Gasteiger partial charge on any atom is -0.464 e. The van der Waals surface area contributed by atoms with E-state index in [1.165, 1.54) is 0 Å². The Morgan fingerprint density at radius 2 is 2.00 bits per heavy atom. The zero-order chi connectivity index (χ0) is 14.5. The summed E-state index contributed by atoms with van der Waals surface area (Å²) in [5.41, 5.74) is 4.11. The first-order valence-electron chi connectivity index (χ1n) is 6.01. The minimum atomic E-state index is 0.182. The molecular formula is C12H15ClN6O. The van der Waals surface area contributed by atoms with Crippen molar-refractivity contribution >= 4 is 29.2 Å². The summed E-state index contributed by atoms with van der Waals surface area (Å²) in [4.78, 5) is 12.2. The molecule has 1 aromatic carbocycles. The first kappa shape index (κ1) is 14.3. The van der Waals surface area contributed by atoms with E-state index in [0.717, 1.165) is 5.56 Å². The summed E-state index contributed by atoms with van der Waals surface area (Å²) in [6, 6.07) is 5.80. The van der Waals surface area contributed by atoms with Crippen LogP contribution in [0.4, 0.5) is 17.6 Å². The average Bonchev–Trinajstić information content (AvgIpc) is 2.42. The highest BCUT2D eigenvalue weighted by molar-refractivity contribution is 6.33. The van der Waals surface area contributed by atoms with Crippen molar-refractivity contribution in [1.82, 2.24) is 15.0 Å². The smallest absolute Gasteiger partial charge is 0.323 e. The van der Waals surface area contributed by atoms with Gasteiger partial charge in [0.05, 0.1) is 17.3 Å². The molecule has 0 saturated heterocycles. The maximum absolute atomic E-state index is 6.15. The molecule has 0 saturated carbocycles. The Kier molecular flexibility index (Phi) is 4.54. The molecule has 0 aliphatic carbocycles. The number of nitrogens with one attached hydrogen (secondary N) is 2. The fraction of sp³-hybridized carbons (Fsp3) is 0.250. The highest BCUT2D eigenvalue weighted by Crippen LogP contribution is 2.25. The molecule has 4 N–H and O–H groups in total. The van der Waals surface area contributed by atoms with E-state index in [9.17, 15) is 0 Å². The van der Waals surface area contributed by atoms with Gasteiger partial charge in [0.25, 0.3) is 0 Å². The fourth-order valence-electron chi connectivity index (χ4n) is 1.51. The van der Waals surface area contributed by atoms with E-state index in [-0.39, 0.29) is 12.0 Å². The maximum atomic E-state index is 6.15. The van der Waals surface area contributed by atoms with Crippen LogP contribution in [-0.2, 0) is 0 Å². The molecule has 0 bridgehead atoms.